The number of carbonyl (C=O) groups is 1. The molecule has 4 nitrogen and oxygen atoms in total. The quantitative estimate of drug-likeness (QED) is 0.826. The van der Waals surface area contributed by atoms with E-state index >= 15 is 0 Å². The number of hydrogen-bond donors (Lipinski definition) is 2. The van der Waals surface area contributed by atoms with E-state index in [1.807, 2.05) is 19.1 Å². The van der Waals surface area contributed by atoms with Crippen LogP contribution in [0.15, 0.2) is 24.3 Å². The van der Waals surface area contributed by atoms with Gasteiger partial charge < -0.3 is 15.6 Å². The minimum absolute atomic E-state index is 0.217. The maximum atomic E-state index is 12.2. The number of Topliss-reactive ketones (excluding diaryl/α,β-unsaturated/α-hetero) is 1. The van der Waals surface area contributed by atoms with Gasteiger partial charge in [-0.05, 0) is 36.5 Å². The lowest BCUT2D eigenvalue weighted by atomic mass is 9.71. The summed E-state index contributed by atoms with van der Waals surface area (Å²) in [6.07, 6.45) is 0.0719. The normalized spacial score (nSPS) is 32.3. The van der Waals surface area contributed by atoms with Gasteiger partial charge in [-0.1, -0.05) is 19.1 Å². The lowest BCUT2D eigenvalue weighted by Crippen LogP contribution is -2.54. The summed E-state index contributed by atoms with van der Waals surface area (Å²) in [5.74, 6) is 0.584. The van der Waals surface area contributed by atoms with Gasteiger partial charge in [-0.2, -0.15) is 0 Å². The summed E-state index contributed by atoms with van der Waals surface area (Å²) in [7, 11) is 1.57. The highest BCUT2D eigenvalue weighted by Crippen LogP contribution is 2.36. The fraction of sp³-hybridized carbons (Fsp3) is 0.500. The molecular formula is C14H19NO3. The molecule has 0 aliphatic heterocycles. The van der Waals surface area contributed by atoms with Crippen LogP contribution in [0.1, 0.15) is 25.3 Å². The van der Waals surface area contributed by atoms with Gasteiger partial charge in [-0.15, -0.1) is 0 Å². The molecule has 1 aliphatic carbocycles. The van der Waals surface area contributed by atoms with Crippen molar-refractivity contribution in [2.45, 2.75) is 31.4 Å². The van der Waals surface area contributed by atoms with Gasteiger partial charge in [0.1, 0.15) is 17.4 Å². The number of hydrogen-bond acceptors (Lipinski definition) is 4. The second kappa shape index (κ2) is 4.71. The van der Waals surface area contributed by atoms with Crippen LogP contribution in [0.5, 0.6) is 5.75 Å². The maximum absolute atomic E-state index is 12.2. The zero-order valence-electron chi connectivity index (χ0n) is 10.7. The third-order valence-corrected chi connectivity index (χ3v) is 3.62. The number of rotatable bonds is 2. The van der Waals surface area contributed by atoms with Crippen molar-refractivity contribution in [3.63, 3.8) is 0 Å². The first-order valence-corrected chi connectivity index (χ1v) is 6.13. The van der Waals surface area contributed by atoms with E-state index in [0.717, 1.165) is 0 Å². The molecule has 0 amide bonds. The molecule has 1 aliphatic rings. The van der Waals surface area contributed by atoms with E-state index in [2.05, 4.69) is 0 Å². The number of ether oxygens (including phenoxy) is 1. The maximum Gasteiger partial charge on any atom is 0.185 e. The van der Waals surface area contributed by atoms with E-state index in [0.29, 0.717) is 24.2 Å². The van der Waals surface area contributed by atoms with Crippen molar-refractivity contribution in [3.05, 3.63) is 29.8 Å². The van der Waals surface area contributed by atoms with Gasteiger partial charge in [-0.25, -0.2) is 0 Å². The zero-order valence-corrected chi connectivity index (χ0v) is 10.7. The number of carbonyl (C=O) groups excluding carboxylic acids is 1. The van der Waals surface area contributed by atoms with Crippen LogP contribution in [-0.2, 0) is 10.3 Å². The molecular weight excluding hydrogens is 230 g/mol. The Morgan fingerprint density at radius 1 is 1.50 bits per heavy atom. The molecule has 4 heteroatoms. The molecule has 1 saturated carbocycles. The standard InChI is InChI=1S/C14H19NO3/c1-9-6-12(16)13(17)14(15,8-9)10-4-3-5-11(7-10)18-2/h3-5,7,9,12,16H,6,8,15H2,1-2H3/t9-,12+,14+/m1/s1. The third kappa shape index (κ3) is 2.13. The molecule has 1 aromatic rings. The Balaban J connectivity index is 2.41. The third-order valence-electron chi connectivity index (χ3n) is 3.62. The van der Waals surface area contributed by atoms with E-state index in [1.54, 1.807) is 19.2 Å². The first-order valence-electron chi connectivity index (χ1n) is 6.13. The van der Waals surface area contributed by atoms with Crippen molar-refractivity contribution in [1.82, 2.24) is 0 Å². The molecule has 0 unspecified atom stereocenters. The van der Waals surface area contributed by atoms with Gasteiger partial charge in [0.25, 0.3) is 0 Å². The van der Waals surface area contributed by atoms with Gasteiger partial charge >= 0.3 is 0 Å². The minimum Gasteiger partial charge on any atom is -0.497 e. The van der Waals surface area contributed by atoms with E-state index in [4.69, 9.17) is 10.5 Å². The number of benzene rings is 1. The second-order valence-corrected chi connectivity index (χ2v) is 5.13. The van der Waals surface area contributed by atoms with Gasteiger partial charge in [0, 0.05) is 0 Å². The summed E-state index contributed by atoms with van der Waals surface area (Å²) in [6, 6.07) is 7.19. The summed E-state index contributed by atoms with van der Waals surface area (Å²) < 4.78 is 5.15. The van der Waals surface area contributed by atoms with E-state index in [9.17, 15) is 9.90 Å². The molecule has 3 atom stereocenters. The predicted octanol–water partition coefficient (Wildman–Crippen LogP) is 1.21. The van der Waals surface area contributed by atoms with Crippen LogP contribution in [0.25, 0.3) is 0 Å². The molecule has 2 rings (SSSR count). The SMILES string of the molecule is COc1cccc([C@@]2(N)C[C@H](C)C[C@H](O)C2=O)c1. The van der Waals surface area contributed by atoms with Crippen molar-refractivity contribution < 1.29 is 14.6 Å². The Labute approximate surface area is 107 Å². The summed E-state index contributed by atoms with van der Waals surface area (Å²) in [4.78, 5) is 12.2. The highest BCUT2D eigenvalue weighted by molar-refractivity contribution is 5.93. The molecule has 0 heterocycles. The van der Waals surface area contributed by atoms with Crippen LogP contribution in [0.3, 0.4) is 0 Å². The summed E-state index contributed by atoms with van der Waals surface area (Å²) in [5.41, 5.74) is 5.86. The first kappa shape index (κ1) is 13.1. The molecule has 0 spiro atoms. The fourth-order valence-electron chi connectivity index (χ4n) is 2.68. The minimum atomic E-state index is -1.11. The predicted molar refractivity (Wildman–Crippen MR) is 68.3 cm³/mol. The van der Waals surface area contributed by atoms with Crippen LogP contribution >= 0.6 is 0 Å². The van der Waals surface area contributed by atoms with Crippen LogP contribution in [0, 0.1) is 5.92 Å². The summed E-state index contributed by atoms with van der Waals surface area (Å²) in [6.45, 7) is 2.00. The summed E-state index contributed by atoms with van der Waals surface area (Å²) >= 11 is 0. The number of nitrogens with two attached hydrogens (primary N) is 1. The molecule has 1 aromatic carbocycles. The topological polar surface area (TPSA) is 72.6 Å². The molecule has 18 heavy (non-hydrogen) atoms. The monoisotopic (exact) mass is 249 g/mol. The molecule has 98 valence electrons. The van der Waals surface area contributed by atoms with Crippen LogP contribution in [0.2, 0.25) is 0 Å². The molecule has 0 radical (unpaired) electrons. The Morgan fingerprint density at radius 2 is 2.22 bits per heavy atom. The van der Waals surface area contributed by atoms with E-state index in [1.165, 1.54) is 0 Å². The lowest BCUT2D eigenvalue weighted by molar-refractivity contribution is -0.137. The Bertz CT molecular complexity index is 460. The summed E-state index contributed by atoms with van der Waals surface area (Å²) in [5, 5.41) is 9.81. The van der Waals surface area contributed by atoms with Gasteiger partial charge in [-0.3, -0.25) is 4.79 Å². The second-order valence-electron chi connectivity index (χ2n) is 5.13. The lowest BCUT2D eigenvalue weighted by Gasteiger charge is -2.38. The van der Waals surface area contributed by atoms with Gasteiger partial charge in [0.05, 0.1) is 7.11 Å². The molecule has 1 fully saturated rings. The number of ketones is 1. The highest BCUT2D eigenvalue weighted by atomic mass is 16.5. The molecule has 0 bridgehead atoms. The van der Waals surface area contributed by atoms with E-state index < -0.39 is 11.6 Å². The molecule has 0 saturated heterocycles. The Morgan fingerprint density at radius 3 is 2.89 bits per heavy atom. The van der Waals surface area contributed by atoms with Gasteiger partial charge in [0.2, 0.25) is 0 Å². The van der Waals surface area contributed by atoms with Crippen LogP contribution in [0.4, 0.5) is 0 Å². The average molecular weight is 249 g/mol. The highest BCUT2D eigenvalue weighted by Gasteiger charge is 2.45. The van der Waals surface area contributed by atoms with Gasteiger partial charge in [0.15, 0.2) is 5.78 Å². The van der Waals surface area contributed by atoms with E-state index in [-0.39, 0.29) is 11.7 Å². The van der Waals surface area contributed by atoms with Crippen molar-refractivity contribution >= 4 is 5.78 Å². The van der Waals surface area contributed by atoms with Crippen molar-refractivity contribution in [3.8, 4) is 5.75 Å². The largest absolute Gasteiger partial charge is 0.497 e. The molecule has 3 N–H and O–H groups in total. The average Bonchev–Trinajstić information content (AvgIpc) is 2.36. The van der Waals surface area contributed by atoms with Crippen molar-refractivity contribution in [1.29, 1.82) is 0 Å². The zero-order chi connectivity index (χ0) is 13.3. The number of aliphatic hydroxyl groups excluding tert-OH is 1. The van der Waals surface area contributed by atoms with Crippen LogP contribution in [-0.4, -0.2) is 24.1 Å². The molecule has 0 aromatic heterocycles. The Hall–Kier alpha value is -1.39. The van der Waals surface area contributed by atoms with Crippen molar-refractivity contribution in [2.24, 2.45) is 11.7 Å². The first-order chi connectivity index (χ1) is 8.47. The van der Waals surface area contributed by atoms with Crippen LogP contribution < -0.4 is 10.5 Å². The van der Waals surface area contributed by atoms with Crippen molar-refractivity contribution in [2.75, 3.05) is 7.11 Å². The fourth-order valence-corrected chi connectivity index (χ4v) is 2.68. The smallest absolute Gasteiger partial charge is 0.185 e. The number of methoxy groups -OCH3 is 1. The Kier molecular flexibility index (Phi) is 3.41. The number of aliphatic hydroxyl groups is 1.